The SMILES string of the molecule is O=C(CN1CCN(Cc2ccncc2)CC1)Nc1ccc(Br)cc1F. The highest BCUT2D eigenvalue weighted by Crippen LogP contribution is 2.19. The number of pyridine rings is 1. The summed E-state index contributed by atoms with van der Waals surface area (Å²) in [7, 11) is 0. The molecule has 0 radical (unpaired) electrons. The summed E-state index contributed by atoms with van der Waals surface area (Å²) in [4.78, 5) is 20.6. The molecule has 1 fully saturated rings. The number of nitrogens with one attached hydrogen (secondary N) is 1. The Balaban J connectivity index is 1.44. The van der Waals surface area contributed by atoms with Crippen molar-refractivity contribution in [3.05, 3.63) is 58.6 Å². The van der Waals surface area contributed by atoms with Crippen LogP contribution < -0.4 is 5.32 Å². The van der Waals surface area contributed by atoms with Gasteiger partial charge in [0.05, 0.1) is 12.2 Å². The standard InChI is InChI=1S/C18H20BrFN4O/c19-15-1-2-17(16(20)11-15)22-18(25)13-24-9-7-23(8-10-24)12-14-3-5-21-6-4-14/h1-6,11H,7-10,12-13H2,(H,22,25). The number of halogens is 2. The number of amides is 1. The van der Waals surface area contributed by atoms with Crippen LogP contribution in [0.25, 0.3) is 0 Å². The van der Waals surface area contributed by atoms with E-state index >= 15 is 0 Å². The highest BCUT2D eigenvalue weighted by molar-refractivity contribution is 9.10. The molecule has 0 aliphatic carbocycles. The van der Waals surface area contributed by atoms with Crippen molar-refractivity contribution in [3.63, 3.8) is 0 Å². The molecular weight excluding hydrogens is 387 g/mol. The van der Waals surface area contributed by atoms with Gasteiger partial charge in [0.15, 0.2) is 0 Å². The molecule has 0 spiro atoms. The van der Waals surface area contributed by atoms with Crippen molar-refractivity contribution < 1.29 is 9.18 Å². The van der Waals surface area contributed by atoms with Crippen molar-refractivity contribution in [2.75, 3.05) is 38.0 Å². The zero-order valence-electron chi connectivity index (χ0n) is 13.8. The van der Waals surface area contributed by atoms with Crippen molar-refractivity contribution in [3.8, 4) is 0 Å². The predicted molar refractivity (Wildman–Crippen MR) is 98.7 cm³/mol. The molecule has 1 saturated heterocycles. The van der Waals surface area contributed by atoms with E-state index in [2.05, 4.69) is 36.0 Å². The van der Waals surface area contributed by atoms with E-state index in [4.69, 9.17) is 0 Å². The topological polar surface area (TPSA) is 48.5 Å². The number of hydrogen-bond donors (Lipinski definition) is 1. The average molecular weight is 407 g/mol. The van der Waals surface area contributed by atoms with E-state index in [0.29, 0.717) is 4.47 Å². The van der Waals surface area contributed by atoms with Gasteiger partial charge in [0.25, 0.3) is 0 Å². The molecule has 25 heavy (non-hydrogen) atoms. The van der Waals surface area contributed by atoms with E-state index < -0.39 is 5.82 Å². The molecular formula is C18H20BrFN4O. The van der Waals surface area contributed by atoms with Gasteiger partial charge in [-0.1, -0.05) is 15.9 Å². The van der Waals surface area contributed by atoms with E-state index in [-0.39, 0.29) is 18.1 Å². The first-order valence-electron chi connectivity index (χ1n) is 8.19. The minimum absolute atomic E-state index is 0.191. The van der Waals surface area contributed by atoms with Crippen molar-refractivity contribution in [1.29, 1.82) is 0 Å². The van der Waals surface area contributed by atoms with Gasteiger partial charge in [-0.25, -0.2) is 4.39 Å². The maximum absolute atomic E-state index is 13.8. The number of rotatable bonds is 5. The molecule has 2 heterocycles. The molecule has 1 N–H and O–H groups in total. The third-order valence-corrected chi connectivity index (χ3v) is 4.69. The maximum Gasteiger partial charge on any atom is 0.238 e. The minimum Gasteiger partial charge on any atom is -0.322 e. The molecule has 3 rings (SSSR count). The van der Waals surface area contributed by atoms with Gasteiger partial charge in [-0.2, -0.15) is 0 Å². The smallest absolute Gasteiger partial charge is 0.238 e. The van der Waals surface area contributed by atoms with Crippen LogP contribution in [0, 0.1) is 5.82 Å². The fraction of sp³-hybridized carbons (Fsp3) is 0.333. The van der Waals surface area contributed by atoms with Gasteiger partial charge in [0.1, 0.15) is 5.82 Å². The average Bonchev–Trinajstić information content (AvgIpc) is 2.60. The zero-order valence-corrected chi connectivity index (χ0v) is 15.4. The number of nitrogens with zero attached hydrogens (tertiary/aromatic N) is 3. The van der Waals surface area contributed by atoms with Gasteiger partial charge in [0.2, 0.25) is 5.91 Å². The summed E-state index contributed by atoms with van der Waals surface area (Å²) in [5.41, 5.74) is 1.46. The second-order valence-corrected chi connectivity index (χ2v) is 7.00. The van der Waals surface area contributed by atoms with Crippen LogP contribution in [0.15, 0.2) is 47.2 Å². The summed E-state index contributed by atoms with van der Waals surface area (Å²) in [6, 6.07) is 8.65. The van der Waals surface area contributed by atoms with Gasteiger partial charge in [-0.15, -0.1) is 0 Å². The van der Waals surface area contributed by atoms with Gasteiger partial charge >= 0.3 is 0 Å². The lowest BCUT2D eigenvalue weighted by Gasteiger charge is -2.34. The first-order valence-corrected chi connectivity index (χ1v) is 8.98. The molecule has 0 atom stereocenters. The van der Waals surface area contributed by atoms with Crippen LogP contribution in [0.5, 0.6) is 0 Å². The first kappa shape index (κ1) is 18.0. The summed E-state index contributed by atoms with van der Waals surface area (Å²) in [6.45, 7) is 4.62. The minimum atomic E-state index is -0.440. The Labute approximate surface area is 155 Å². The monoisotopic (exact) mass is 406 g/mol. The van der Waals surface area contributed by atoms with Crippen LogP contribution in [0.3, 0.4) is 0 Å². The third-order valence-electron chi connectivity index (χ3n) is 4.19. The molecule has 1 aliphatic rings. The number of anilines is 1. The Morgan fingerprint density at radius 1 is 1.12 bits per heavy atom. The molecule has 132 valence electrons. The molecule has 1 aliphatic heterocycles. The molecule has 1 aromatic heterocycles. The number of aromatic nitrogens is 1. The summed E-state index contributed by atoms with van der Waals surface area (Å²) < 4.78 is 14.4. The van der Waals surface area contributed by atoms with Crippen LogP contribution in [-0.2, 0) is 11.3 Å². The highest BCUT2D eigenvalue weighted by Gasteiger charge is 2.19. The molecule has 0 saturated carbocycles. The quantitative estimate of drug-likeness (QED) is 0.828. The lowest BCUT2D eigenvalue weighted by Crippen LogP contribution is -2.48. The van der Waals surface area contributed by atoms with Crippen LogP contribution in [0.2, 0.25) is 0 Å². The molecule has 5 nitrogen and oxygen atoms in total. The number of hydrogen-bond acceptors (Lipinski definition) is 4. The van der Waals surface area contributed by atoms with Gasteiger partial charge in [0, 0.05) is 49.6 Å². The van der Waals surface area contributed by atoms with Crippen LogP contribution >= 0.6 is 15.9 Å². The number of piperazine rings is 1. The van der Waals surface area contributed by atoms with Crippen LogP contribution in [0.1, 0.15) is 5.56 Å². The fourth-order valence-corrected chi connectivity index (χ4v) is 3.17. The van der Waals surface area contributed by atoms with Crippen LogP contribution in [0.4, 0.5) is 10.1 Å². The van der Waals surface area contributed by atoms with Gasteiger partial charge in [-0.05, 0) is 35.9 Å². The molecule has 0 bridgehead atoms. The van der Waals surface area contributed by atoms with Gasteiger partial charge in [-0.3, -0.25) is 19.6 Å². The second kappa shape index (κ2) is 8.51. The highest BCUT2D eigenvalue weighted by atomic mass is 79.9. The van der Waals surface area contributed by atoms with Crippen molar-refractivity contribution in [2.24, 2.45) is 0 Å². The molecule has 1 aromatic carbocycles. The first-order chi connectivity index (χ1) is 12.1. The number of benzene rings is 1. The zero-order chi connectivity index (χ0) is 17.6. The fourth-order valence-electron chi connectivity index (χ4n) is 2.84. The summed E-state index contributed by atoms with van der Waals surface area (Å²) in [6.07, 6.45) is 3.61. The Morgan fingerprint density at radius 2 is 1.80 bits per heavy atom. The predicted octanol–water partition coefficient (Wildman–Crippen LogP) is 2.74. The van der Waals surface area contributed by atoms with E-state index in [1.54, 1.807) is 24.5 Å². The molecule has 0 unspecified atom stereocenters. The Kier molecular flexibility index (Phi) is 6.12. The van der Waals surface area contributed by atoms with Crippen molar-refractivity contribution in [1.82, 2.24) is 14.8 Å². The van der Waals surface area contributed by atoms with E-state index in [1.165, 1.54) is 11.6 Å². The van der Waals surface area contributed by atoms with E-state index in [0.717, 1.165) is 32.7 Å². The summed E-state index contributed by atoms with van der Waals surface area (Å²) >= 11 is 3.20. The number of carbonyl (C=O) groups is 1. The summed E-state index contributed by atoms with van der Waals surface area (Å²) in [5, 5.41) is 2.64. The Hall–Kier alpha value is -1.83. The van der Waals surface area contributed by atoms with E-state index in [1.807, 2.05) is 12.1 Å². The molecule has 1 amide bonds. The van der Waals surface area contributed by atoms with E-state index in [9.17, 15) is 9.18 Å². The molecule has 7 heteroatoms. The largest absolute Gasteiger partial charge is 0.322 e. The normalized spacial score (nSPS) is 15.9. The maximum atomic E-state index is 13.8. The molecule has 2 aromatic rings. The lowest BCUT2D eigenvalue weighted by atomic mass is 10.2. The second-order valence-electron chi connectivity index (χ2n) is 6.08. The third kappa shape index (κ3) is 5.32. The van der Waals surface area contributed by atoms with Gasteiger partial charge < -0.3 is 5.32 Å². The Morgan fingerprint density at radius 3 is 2.48 bits per heavy atom. The Bertz CT molecular complexity index is 720. The van der Waals surface area contributed by atoms with Crippen molar-refractivity contribution in [2.45, 2.75) is 6.54 Å². The lowest BCUT2D eigenvalue weighted by molar-refractivity contribution is -0.117. The van der Waals surface area contributed by atoms with Crippen molar-refractivity contribution >= 4 is 27.5 Å². The van der Waals surface area contributed by atoms with Crippen LogP contribution in [-0.4, -0.2) is 53.4 Å². The summed E-state index contributed by atoms with van der Waals surface area (Å²) in [5.74, 6) is -0.631. The number of carbonyl (C=O) groups excluding carboxylic acids is 1.